The molecule has 0 aromatic heterocycles. The molecule has 1 heteroatoms. The minimum absolute atomic E-state index is 0.787. The Balaban J connectivity index is 2.23. The normalized spacial score (nSPS) is 14.6. The van der Waals surface area contributed by atoms with Gasteiger partial charge >= 0.3 is 0 Å². The molecular weight excluding hydrogens is 194 g/mol. The van der Waals surface area contributed by atoms with Gasteiger partial charge in [-0.05, 0) is 22.9 Å². The average molecular weight is 206 g/mol. The molecule has 2 aromatic rings. The summed E-state index contributed by atoms with van der Waals surface area (Å²) in [4.78, 5) is 0. The molecule has 16 heavy (non-hydrogen) atoms. The summed E-state index contributed by atoms with van der Waals surface area (Å²) >= 11 is 0. The van der Waals surface area contributed by atoms with Gasteiger partial charge in [0.15, 0.2) is 0 Å². The van der Waals surface area contributed by atoms with E-state index < -0.39 is 0 Å². The number of hydrogen-bond acceptors (Lipinski definition) is 1. The summed E-state index contributed by atoms with van der Waals surface area (Å²) in [6.07, 6.45) is 7.17. The van der Waals surface area contributed by atoms with Crippen LogP contribution in [0.1, 0.15) is 5.56 Å². The van der Waals surface area contributed by atoms with Gasteiger partial charge in [0, 0.05) is 17.8 Å². The van der Waals surface area contributed by atoms with Gasteiger partial charge < -0.3 is 5.32 Å². The molecule has 77 valence electrons. The van der Waals surface area contributed by atoms with E-state index in [2.05, 4.69) is 59.9 Å². The van der Waals surface area contributed by atoms with Crippen LogP contribution < -0.4 is 5.32 Å². The number of dihydropyridines is 1. The number of nitrogens with one attached hydrogen (secondary N) is 1. The van der Waals surface area contributed by atoms with E-state index in [0.29, 0.717) is 0 Å². The van der Waals surface area contributed by atoms with Crippen molar-refractivity contribution in [2.75, 3.05) is 6.54 Å². The first-order chi connectivity index (χ1) is 7.95. The zero-order valence-electron chi connectivity index (χ0n) is 8.90. The van der Waals surface area contributed by atoms with Gasteiger partial charge in [-0.15, -0.1) is 0 Å². The Morgan fingerprint density at radius 1 is 1.00 bits per heavy atom. The van der Waals surface area contributed by atoms with Crippen LogP contribution in [0.25, 0.3) is 16.5 Å². The van der Waals surface area contributed by atoms with Gasteiger partial charge in [-0.25, -0.2) is 0 Å². The van der Waals surface area contributed by atoms with Crippen molar-refractivity contribution in [3.63, 3.8) is 0 Å². The Kier molecular flexibility index (Phi) is 2.22. The quantitative estimate of drug-likeness (QED) is 0.755. The highest BCUT2D eigenvalue weighted by atomic mass is 14.9. The van der Waals surface area contributed by atoms with Crippen molar-refractivity contribution in [3.8, 4) is 0 Å². The van der Waals surface area contributed by atoms with E-state index in [-0.39, 0.29) is 0 Å². The second-order valence-electron chi connectivity index (χ2n) is 3.83. The standard InChI is InChI=1S/C15H12N/c1-2-8-13-12(6-1)7-5-9-14(13)15-10-3-4-11-16-15/h1-3,5-10,16H,11H2. The molecule has 0 saturated heterocycles. The van der Waals surface area contributed by atoms with Crippen molar-refractivity contribution in [1.82, 2.24) is 5.32 Å². The molecule has 0 bridgehead atoms. The Labute approximate surface area is 95.1 Å². The second kappa shape index (κ2) is 3.86. The summed E-state index contributed by atoms with van der Waals surface area (Å²) in [7, 11) is 0. The fraction of sp³-hybridized carbons (Fsp3) is 0.0667. The molecule has 0 unspecified atom stereocenters. The summed E-state index contributed by atoms with van der Waals surface area (Å²) in [5, 5.41) is 5.92. The number of hydrogen-bond donors (Lipinski definition) is 1. The number of benzene rings is 2. The molecule has 1 heterocycles. The van der Waals surface area contributed by atoms with Crippen molar-refractivity contribution >= 4 is 16.5 Å². The largest absolute Gasteiger partial charge is 0.380 e. The van der Waals surface area contributed by atoms with Crippen LogP contribution in [0.15, 0.2) is 54.6 Å². The van der Waals surface area contributed by atoms with E-state index in [9.17, 15) is 0 Å². The summed E-state index contributed by atoms with van der Waals surface area (Å²) in [5.74, 6) is 0. The lowest BCUT2D eigenvalue weighted by Crippen LogP contribution is -2.14. The topological polar surface area (TPSA) is 12.0 Å². The molecule has 1 aliphatic rings. The van der Waals surface area contributed by atoms with Crippen LogP contribution >= 0.6 is 0 Å². The fourth-order valence-corrected chi connectivity index (χ4v) is 2.05. The predicted molar refractivity (Wildman–Crippen MR) is 67.7 cm³/mol. The first kappa shape index (κ1) is 9.22. The molecule has 0 aliphatic carbocycles. The summed E-state index contributed by atoms with van der Waals surface area (Å²) in [6.45, 7) is 0.787. The van der Waals surface area contributed by atoms with Crippen molar-refractivity contribution in [1.29, 1.82) is 0 Å². The van der Waals surface area contributed by atoms with Gasteiger partial charge in [0.25, 0.3) is 0 Å². The predicted octanol–water partition coefficient (Wildman–Crippen LogP) is 3.14. The highest BCUT2D eigenvalue weighted by molar-refractivity contribution is 5.93. The maximum atomic E-state index is 3.35. The van der Waals surface area contributed by atoms with Crippen molar-refractivity contribution in [3.05, 3.63) is 66.3 Å². The lowest BCUT2D eigenvalue weighted by molar-refractivity contribution is 0.979. The summed E-state index contributed by atoms with van der Waals surface area (Å²) in [6, 6.07) is 14.9. The molecule has 2 aromatic carbocycles. The minimum Gasteiger partial charge on any atom is -0.380 e. The fourth-order valence-electron chi connectivity index (χ4n) is 2.05. The molecule has 0 saturated carbocycles. The van der Waals surface area contributed by atoms with E-state index >= 15 is 0 Å². The van der Waals surface area contributed by atoms with Crippen LogP contribution in [0.5, 0.6) is 0 Å². The molecule has 3 rings (SSSR count). The van der Waals surface area contributed by atoms with Crippen molar-refractivity contribution in [2.45, 2.75) is 0 Å². The van der Waals surface area contributed by atoms with Crippen LogP contribution in [0, 0.1) is 6.08 Å². The third-order valence-corrected chi connectivity index (χ3v) is 2.83. The summed E-state index contributed by atoms with van der Waals surface area (Å²) in [5.41, 5.74) is 2.44. The highest BCUT2D eigenvalue weighted by Gasteiger charge is 2.05. The van der Waals surface area contributed by atoms with Gasteiger partial charge in [-0.1, -0.05) is 48.5 Å². The maximum Gasteiger partial charge on any atom is 0.0422 e. The Morgan fingerprint density at radius 3 is 2.75 bits per heavy atom. The minimum atomic E-state index is 0.787. The van der Waals surface area contributed by atoms with E-state index in [4.69, 9.17) is 0 Å². The number of allylic oxidation sites excluding steroid dienone is 2. The Morgan fingerprint density at radius 2 is 1.88 bits per heavy atom. The first-order valence-corrected chi connectivity index (χ1v) is 5.44. The molecule has 1 radical (unpaired) electrons. The zero-order chi connectivity index (χ0) is 10.8. The molecule has 0 spiro atoms. The molecular formula is C15H12N. The van der Waals surface area contributed by atoms with Crippen molar-refractivity contribution in [2.24, 2.45) is 0 Å². The Hall–Kier alpha value is -2.02. The summed E-state index contributed by atoms with van der Waals surface area (Å²) < 4.78 is 0. The molecule has 0 atom stereocenters. The van der Waals surface area contributed by atoms with Gasteiger partial charge in [-0.3, -0.25) is 0 Å². The molecule has 0 fully saturated rings. The number of rotatable bonds is 1. The third kappa shape index (κ3) is 1.50. The third-order valence-electron chi connectivity index (χ3n) is 2.83. The molecule has 1 N–H and O–H groups in total. The van der Waals surface area contributed by atoms with Crippen LogP contribution in [0.4, 0.5) is 0 Å². The lowest BCUT2D eigenvalue weighted by atomic mass is 10.0. The molecule has 1 aliphatic heterocycles. The monoisotopic (exact) mass is 206 g/mol. The van der Waals surface area contributed by atoms with E-state index in [1.54, 1.807) is 0 Å². The number of fused-ring (bicyclic) bond motifs is 1. The van der Waals surface area contributed by atoms with Crippen molar-refractivity contribution < 1.29 is 0 Å². The smallest absolute Gasteiger partial charge is 0.0422 e. The molecule has 1 nitrogen and oxygen atoms in total. The second-order valence-corrected chi connectivity index (χ2v) is 3.83. The van der Waals surface area contributed by atoms with Gasteiger partial charge in [0.1, 0.15) is 0 Å². The highest BCUT2D eigenvalue weighted by Crippen LogP contribution is 2.24. The average Bonchev–Trinajstić information content (AvgIpc) is 2.39. The van der Waals surface area contributed by atoms with Crippen LogP contribution in [-0.4, -0.2) is 6.54 Å². The van der Waals surface area contributed by atoms with Crippen LogP contribution in [0.3, 0.4) is 0 Å². The zero-order valence-corrected chi connectivity index (χ0v) is 8.90. The van der Waals surface area contributed by atoms with E-state index in [1.807, 2.05) is 6.08 Å². The maximum absolute atomic E-state index is 3.35. The molecule has 0 amide bonds. The SMILES string of the molecule is [C]1=CC=C(c2cccc3ccccc23)NC1. The van der Waals surface area contributed by atoms with E-state index in [0.717, 1.165) is 6.54 Å². The van der Waals surface area contributed by atoms with Gasteiger partial charge in [0.2, 0.25) is 0 Å². The Bertz CT molecular complexity index is 574. The van der Waals surface area contributed by atoms with Gasteiger partial charge in [0.05, 0.1) is 0 Å². The van der Waals surface area contributed by atoms with Crippen LogP contribution in [-0.2, 0) is 0 Å². The van der Waals surface area contributed by atoms with Gasteiger partial charge in [-0.2, -0.15) is 0 Å². The van der Waals surface area contributed by atoms with E-state index in [1.165, 1.54) is 22.0 Å². The van der Waals surface area contributed by atoms with Crippen LogP contribution in [0.2, 0.25) is 0 Å². The lowest BCUT2D eigenvalue weighted by Gasteiger charge is -2.14. The first-order valence-electron chi connectivity index (χ1n) is 5.44.